The topological polar surface area (TPSA) is 73.2 Å². The molecule has 0 saturated heterocycles. The van der Waals surface area contributed by atoms with E-state index in [4.69, 9.17) is 0 Å². The largest absolute Gasteiger partial charge is 0.466 e. The molecular formula is C19H18F3N3O3. The summed E-state index contributed by atoms with van der Waals surface area (Å²) in [6, 6.07) is 4.84. The van der Waals surface area contributed by atoms with Crippen molar-refractivity contribution in [1.82, 2.24) is 15.1 Å². The Morgan fingerprint density at radius 2 is 2.11 bits per heavy atom. The van der Waals surface area contributed by atoms with Crippen LogP contribution >= 0.6 is 0 Å². The van der Waals surface area contributed by atoms with Gasteiger partial charge in [-0.25, -0.2) is 9.48 Å². The second kappa shape index (κ2) is 7.87. The van der Waals surface area contributed by atoms with Gasteiger partial charge in [-0.15, -0.1) is 0 Å². The number of carbonyl (C=O) groups is 2. The van der Waals surface area contributed by atoms with E-state index in [1.54, 1.807) is 0 Å². The van der Waals surface area contributed by atoms with Crippen molar-refractivity contribution in [2.45, 2.75) is 24.9 Å². The van der Waals surface area contributed by atoms with Crippen molar-refractivity contribution in [3.05, 3.63) is 59.4 Å². The van der Waals surface area contributed by atoms with Crippen LogP contribution in [0.4, 0.5) is 13.2 Å². The van der Waals surface area contributed by atoms with Gasteiger partial charge >= 0.3 is 12.1 Å². The fourth-order valence-electron chi connectivity index (χ4n) is 2.77. The first-order valence-electron chi connectivity index (χ1n) is 8.59. The van der Waals surface area contributed by atoms with E-state index in [0.29, 0.717) is 11.3 Å². The molecule has 0 spiro atoms. The summed E-state index contributed by atoms with van der Waals surface area (Å²) in [5, 5.41) is 6.79. The number of benzene rings is 1. The molecule has 148 valence electrons. The van der Waals surface area contributed by atoms with Crippen LogP contribution < -0.4 is 5.32 Å². The van der Waals surface area contributed by atoms with E-state index in [1.165, 1.54) is 42.3 Å². The SMILES string of the molecule is COC(=O)/C=C/CNC(=O)c1cnn(-c2cccc(C(F)(F)F)c2)c1C1CC1. The zero-order chi connectivity index (χ0) is 20.3. The lowest BCUT2D eigenvalue weighted by Gasteiger charge is -2.12. The number of alkyl halides is 3. The van der Waals surface area contributed by atoms with Crippen molar-refractivity contribution in [3.63, 3.8) is 0 Å². The number of ether oxygens (including phenoxy) is 1. The smallest absolute Gasteiger partial charge is 0.416 e. The number of nitrogens with zero attached hydrogens (tertiary/aromatic N) is 2. The van der Waals surface area contributed by atoms with E-state index in [2.05, 4.69) is 15.2 Å². The van der Waals surface area contributed by atoms with Crippen molar-refractivity contribution in [1.29, 1.82) is 0 Å². The van der Waals surface area contributed by atoms with Crippen LogP contribution in [0.25, 0.3) is 5.69 Å². The lowest BCUT2D eigenvalue weighted by Crippen LogP contribution is -2.24. The summed E-state index contributed by atoms with van der Waals surface area (Å²) in [7, 11) is 1.25. The Balaban J connectivity index is 1.84. The standard InChI is InChI=1S/C19H18F3N3O3/c1-28-16(26)6-3-9-23-18(27)15-11-24-25(17(15)12-7-8-12)14-5-2-4-13(10-14)19(20,21)22/h2-6,10-12H,7-9H2,1H3,(H,23,27)/b6-3+. The predicted octanol–water partition coefficient (Wildman–Crippen LogP) is 3.23. The summed E-state index contributed by atoms with van der Waals surface area (Å²) in [6.45, 7) is 0.104. The van der Waals surface area contributed by atoms with Gasteiger partial charge in [0.25, 0.3) is 5.91 Å². The normalized spacial score (nSPS) is 14.3. The number of esters is 1. The number of halogens is 3. The average molecular weight is 393 g/mol. The quantitative estimate of drug-likeness (QED) is 0.604. The maximum Gasteiger partial charge on any atom is 0.416 e. The summed E-state index contributed by atoms with van der Waals surface area (Å²) >= 11 is 0. The summed E-state index contributed by atoms with van der Waals surface area (Å²) in [6.07, 6.45) is 1.20. The van der Waals surface area contributed by atoms with Gasteiger partial charge in [-0.2, -0.15) is 18.3 Å². The number of amides is 1. The number of nitrogens with one attached hydrogen (secondary N) is 1. The van der Waals surface area contributed by atoms with Crippen LogP contribution in [-0.2, 0) is 15.7 Å². The molecule has 1 saturated carbocycles. The average Bonchev–Trinajstić information content (AvgIpc) is 3.41. The molecule has 9 heteroatoms. The Bertz CT molecular complexity index is 915. The molecule has 1 heterocycles. The maximum atomic E-state index is 13.0. The third kappa shape index (κ3) is 4.41. The molecule has 0 aliphatic heterocycles. The van der Waals surface area contributed by atoms with Crippen LogP contribution in [0.1, 0.15) is 40.4 Å². The molecule has 0 atom stereocenters. The molecule has 1 aliphatic rings. The second-order valence-electron chi connectivity index (χ2n) is 6.31. The molecule has 1 fully saturated rings. The number of aromatic nitrogens is 2. The first kappa shape index (κ1) is 19.7. The monoisotopic (exact) mass is 393 g/mol. The summed E-state index contributed by atoms with van der Waals surface area (Å²) in [5.74, 6) is -0.872. The fraction of sp³-hybridized carbons (Fsp3) is 0.316. The first-order chi connectivity index (χ1) is 13.3. The number of hydrogen-bond donors (Lipinski definition) is 1. The van der Waals surface area contributed by atoms with Crippen LogP contribution in [0.3, 0.4) is 0 Å². The van der Waals surface area contributed by atoms with Gasteiger partial charge in [0, 0.05) is 18.5 Å². The highest BCUT2D eigenvalue weighted by Gasteiger charge is 2.34. The van der Waals surface area contributed by atoms with Crippen molar-refractivity contribution in [2.75, 3.05) is 13.7 Å². The van der Waals surface area contributed by atoms with Crippen molar-refractivity contribution in [3.8, 4) is 5.69 Å². The third-order valence-corrected chi connectivity index (χ3v) is 4.27. The van der Waals surface area contributed by atoms with Crippen LogP contribution in [0.2, 0.25) is 0 Å². The van der Waals surface area contributed by atoms with Crippen molar-refractivity contribution < 1.29 is 27.5 Å². The molecule has 6 nitrogen and oxygen atoms in total. The second-order valence-corrected chi connectivity index (χ2v) is 6.31. The van der Waals surface area contributed by atoms with Gasteiger partial charge in [-0.1, -0.05) is 12.1 Å². The summed E-state index contributed by atoms with van der Waals surface area (Å²) in [5.41, 5.74) is 0.378. The van der Waals surface area contributed by atoms with Crippen LogP contribution in [0.15, 0.2) is 42.6 Å². The molecule has 0 unspecified atom stereocenters. The highest BCUT2D eigenvalue weighted by Crippen LogP contribution is 2.42. The van der Waals surface area contributed by atoms with Gasteiger partial charge in [-0.3, -0.25) is 4.79 Å². The Hall–Kier alpha value is -3.10. The first-order valence-corrected chi connectivity index (χ1v) is 8.59. The fourth-order valence-corrected chi connectivity index (χ4v) is 2.77. The van der Waals surface area contributed by atoms with Gasteiger partial charge < -0.3 is 10.1 Å². The van der Waals surface area contributed by atoms with E-state index in [-0.39, 0.29) is 18.2 Å². The molecule has 0 bridgehead atoms. The molecule has 2 aromatic rings. The molecular weight excluding hydrogens is 375 g/mol. The Kier molecular flexibility index (Phi) is 5.53. The van der Waals surface area contributed by atoms with Crippen LogP contribution in [-0.4, -0.2) is 35.3 Å². The van der Waals surface area contributed by atoms with E-state index in [9.17, 15) is 22.8 Å². The minimum Gasteiger partial charge on any atom is -0.466 e. The summed E-state index contributed by atoms with van der Waals surface area (Å²) < 4.78 is 44.9. The number of methoxy groups -OCH3 is 1. The van der Waals surface area contributed by atoms with Gasteiger partial charge in [0.05, 0.1) is 35.8 Å². The molecule has 1 aliphatic carbocycles. The minimum atomic E-state index is -4.46. The lowest BCUT2D eigenvalue weighted by atomic mass is 10.1. The van der Waals surface area contributed by atoms with E-state index < -0.39 is 23.6 Å². The van der Waals surface area contributed by atoms with Crippen LogP contribution in [0, 0.1) is 0 Å². The predicted molar refractivity (Wildman–Crippen MR) is 94.0 cm³/mol. The molecule has 1 N–H and O–H groups in total. The zero-order valence-electron chi connectivity index (χ0n) is 15.0. The Morgan fingerprint density at radius 3 is 2.75 bits per heavy atom. The van der Waals surface area contributed by atoms with E-state index in [0.717, 1.165) is 25.0 Å². The zero-order valence-corrected chi connectivity index (χ0v) is 15.0. The molecule has 1 aromatic heterocycles. The molecule has 1 aromatic carbocycles. The number of hydrogen-bond acceptors (Lipinski definition) is 4. The van der Waals surface area contributed by atoms with Crippen molar-refractivity contribution >= 4 is 11.9 Å². The van der Waals surface area contributed by atoms with Crippen LogP contribution in [0.5, 0.6) is 0 Å². The number of rotatable bonds is 6. The Morgan fingerprint density at radius 1 is 1.36 bits per heavy atom. The lowest BCUT2D eigenvalue weighted by molar-refractivity contribution is -0.137. The van der Waals surface area contributed by atoms with Gasteiger partial charge in [0.15, 0.2) is 0 Å². The van der Waals surface area contributed by atoms with E-state index >= 15 is 0 Å². The third-order valence-electron chi connectivity index (χ3n) is 4.27. The highest BCUT2D eigenvalue weighted by atomic mass is 19.4. The van der Waals surface area contributed by atoms with Gasteiger partial charge in [0.1, 0.15) is 0 Å². The minimum absolute atomic E-state index is 0.0726. The highest BCUT2D eigenvalue weighted by molar-refractivity contribution is 5.95. The molecule has 3 rings (SSSR count). The molecule has 1 amide bonds. The summed E-state index contributed by atoms with van der Waals surface area (Å²) in [4.78, 5) is 23.5. The van der Waals surface area contributed by atoms with Gasteiger partial charge in [-0.05, 0) is 31.0 Å². The number of carbonyl (C=O) groups excluding carboxylic acids is 2. The Labute approximate surface area is 159 Å². The van der Waals surface area contributed by atoms with Crippen molar-refractivity contribution in [2.24, 2.45) is 0 Å². The molecule has 28 heavy (non-hydrogen) atoms. The maximum absolute atomic E-state index is 13.0. The molecule has 0 radical (unpaired) electrons. The van der Waals surface area contributed by atoms with E-state index in [1.807, 2.05) is 0 Å². The van der Waals surface area contributed by atoms with Gasteiger partial charge in [0.2, 0.25) is 0 Å².